The van der Waals surface area contributed by atoms with Crippen LogP contribution in [0.5, 0.6) is 0 Å². The number of rotatable bonds is 4. The third kappa shape index (κ3) is 3.74. The highest BCUT2D eigenvalue weighted by molar-refractivity contribution is 5.97. The maximum absolute atomic E-state index is 12.8. The molecule has 5 heteroatoms. The molecule has 2 unspecified atom stereocenters. The van der Waals surface area contributed by atoms with Gasteiger partial charge in [0.05, 0.1) is 0 Å². The minimum Gasteiger partial charge on any atom is -0.336 e. The number of amides is 2. The molecule has 0 bridgehead atoms. The number of nitrogens with zero attached hydrogens (tertiary/aromatic N) is 1. The average molecular weight is 363 g/mol. The zero-order chi connectivity index (χ0) is 19.0. The second-order valence-corrected chi connectivity index (χ2v) is 7.78. The van der Waals surface area contributed by atoms with Crippen molar-refractivity contribution in [3.05, 3.63) is 65.7 Å². The zero-order valence-electron chi connectivity index (χ0n) is 15.5. The summed E-state index contributed by atoms with van der Waals surface area (Å²) in [4.78, 5) is 26.7. The molecule has 0 spiro atoms. The van der Waals surface area contributed by atoms with E-state index in [4.69, 9.17) is 5.73 Å². The Bertz CT molecular complexity index is 834. The molecule has 1 aliphatic carbocycles. The highest BCUT2D eigenvalue weighted by Gasteiger charge is 2.39. The number of benzene rings is 2. The highest BCUT2D eigenvalue weighted by atomic mass is 16.2. The lowest BCUT2D eigenvalue weighted by Gasteiger charge is -2.17. The normalized spacial score (nSPS) is 26.7. The molecular weight excluding hydrogens is 338 g/mol. The molecule has 2 aromatic carbocycles. The fourth-order valence-corrected chi connectivity index (χ4v) is 3.85. The van der Waals surface area contributed by atoms with Gasteiger partial charge in [0, 0.05) is 42.2 Å². The van der Waals surface area contributed by atoms with Gasteiger partial charge in [0.25, 0.3) is 5.91 Å². The molecule has 4 rings (SSSR count). The maximum atomic E-state index is 12.8. The summed E-state index contributed by atoms with van der Waals surface area (Å²) in [5.74, 6) is 0.819. The van der Waals surface area contributed by atoms with Crippen LogP contribution in [-0.2, 0) is 4.79 Å². The van der Waals surface area contributed by atoms with Crippen LogP contribution in [0.1, 0.15) is 35.2 Å². The van der Waals surface area contributed by atoms with Crippen LogP contribution in [0.2, 0.25) is 0 Å². The van der Waals surface area contributed by atoms with Crippen molar-refractivity contribution in [1.82, 2.24) is 4.90 Å². The molecule has 5 nitrogen and oxygen atoms in total. The maximum Gasteiger partial charge on any atom is 0.253 e. The Kier molecular flexibility index (Phi) is 4.70. The van der Waals surface area contributed by atoms with Crippen molar-refractivity contribution in [1.29, 1.82) is 0 Å². The van der Waals surface area contributed by atoms with Crippen LogP contribution in [-0.4, -0.2) is 35.8 Å². The van der Waals surface area contributed by atoms with Gasteiger partial charge in [-0.3, -0.25) is 9.59 Å². The van der Waals surface area contributed by atoms with Crippen molar-refractivity contribution in [3.8, 4) is 0 Å². The van der Waals surface area contributed by atoms with Gasteiger partial charge in [-0.15, -0.1) is 0 Å². The molecule has 1 saturated carbocycles. The van der Waals surface area contributed by atoms with E-state index in [-0.39, 0.29) is 29.7 Å². The Hall–Kier alpha value is -2.66. The van der Waals surface area contributed by atoms with E-state index in [0.717, 1.165) is 12.1 Å². The van der Waals surface area contributed by atoms with Crippen LogP contribution in [0, 0.1) is 11.8 Å². The molecule has 2 amide bonds. The van der Waals surface area contributed by atoms with Crippen LogP contribution in [0.15, 0.2) is 54.6 Å². The highest BCUT2D eigenvalue weighted by Crippen LogP contribution is 2.38. The summed E-state index contributed by atoms with van der Waals surface area (Å²) >= 11 is 0. The molecule has 2 aromatic rings. The zero-order valence-corrected chi connectivity index (χ0v) is 15.5. The topological polar surface area (TPSA) is 75.4 Å². The van der Waals surface area contributed by atoms with Crippen LogP contribution < -0.4 is 11.1 Å². The monoisotopic (exact) mass is 363 g/mol. The fourth-order valence-electron chi connectivity index (χ4n) is 3.85. The summed E-state index contributed by atoms with van der Waals surface area (Å²) in [5, 5.41) is 2.92. The summed E-state index contributed by atoms with van der Waals surface area (Å²) in [5.41, 5.74) is 8.83. The average Bonchev–Trinajstić information content (AvgIpc) is 3.30. The Balaban J connectivity index is 1.40. The van der Waals surface area contributed by atoms with Gasteiger partial charge in [-0.05, 0) is 42.2 Å². The van der Waals surface area contributed by atoms with Crippen molar-refractivity contribution in [2.75, 3.05) is 18.4 Å². The Labute approximate surface area is 159 Å². The van der Waals surface area contributed by atoms with Gasteiger partial charge in [-0.2, -0.15) is 0 Å². The van der Waals surface area contributed by atoms with E-state index < -0.39 is 0 Å². The van der Waals surface area contributed by atoms with E-state index in [1.165, 1.54) is 5.56 Å². The first-order chi connectivity index (χ1) is 13.0. The van der Waals surface area contributed by atoms with E-state index in [1.807, 2.05) is 23.1 Å². The van der Waals surface area contributed by atoms with Gasteiger partial charge in [0.15, 0.2) is 0 Å². The third-order valence-corrected chi connectivity index (χ3v) is 5.73. The first-order valence-corrected chi connectivity index (χ1v) is 9.53. The number of nitrogens with one attached hydrogen (secondary N) is 1. The molecule has 0 aromatic heterocycles. The molecule has 3 N–H and O–H groups in total. The smallest absolute Gasteiger partial charge is 0.253 e. The van der Waals surface area contributed by atoms with E-state index in [2.05, 4.69) is 24.4 Å². The van der Waals surface area contributed by atoms with Gasteiger partial charge in [0.1, 0.15) is 0 Å². The van der Waals surface area contributed by atoms with Crippen LogP contribution in [0.4, 0.5) is 5.69 Å². The summed E-state index contributed by atoms with van der Waals surface area (Å²) in [7, 11) is 0. The fraction of sp³-hybridized carbons (Fsp3) is 0.364. The van der Waals surface area contributed by atoms with Crippen molar-refractivity contribution < 1.29 is 9.59 Å². The van der Waals surface area contributed by atoms with Gasteiger partial charge in [-0.1, -0.05) is 37.3 Å². The number of anilines is 1. The first kappa shape index (κ1) is 17.7. The Morgan fingerprint density at radius 3 is 2.33 bits per heavy atom. The van der Waals surface area contributed by atoms with E-state index in [9.17, 15) is 9.59 Å². The molecule has 1 aliphatic heterocycles. The van der Waals surface area contributed by atoms with Crippen molar-refractivity contribution in [3.63, 3.8) is 0 Å². The molecule has 4 atom stereocenters. The molecule has 1 saturated heterocycles. The second kappa shape index (κ2) is 7.16. The van der Waals surface area contributed by atoms with Gasteiger partial charge < -0.3 is 16.0 Å². The predicted octanol–water partition coefficient (Wildman–Crippen LogP) is 2.85. The lowest BCUT2D eigenvalue weighted by Crippen LogP contribution is -2.32. The summed E-state index contributed by atoms with van der Waals surface area (Å²) < 4.78 is 0. The number of likely N-dealkylation sites (tertiary alicyclic amines) is 1. The number of hydrogen-bond acceptors (Lipinski definition) is 3. The largest absolute Gasteiger partial charge is 0.336 e. The molecular formula is C22H25N3O2. The number of nitrogens with two attached hydrogens (primary N) is 1. The van der Waals surface area contributed by atoms with Crippen molar-refractivity contribution >= 4 is 17.5 Å². The van der Waals surface area contributed by atoms with Gasteiger partial charge in [0.2, 0.25) is 5.91 Å². The minimum absolute atomic E-state index is 0.0161. The first-order valence-electron chi connectivity index (χ1n) is 9.53. The van der Waals surface area contributed by atoms with Crippen LogP contribution >= 0.6 is 0 Å². The Morgan fingerprint density at radius 2 is 1.70 bits per heavy atom. The van der Waals surface area contributed by atoms with E-state index in [0.29, 0.717) is 24.6 Å². The molecule has 140 valence electrons. The molecule has 2 aliphatic rings. The SMILES string of the molecule is CC1CC1C(=O)Nc1ccc(C(=O)N2C[C@@H](N)[C@H](c3ccccc3)C2)cc1. The summed E-state index contributed by atoms with van der Waals surface area (Å²) in [6, 6.07) is 17.2. The molecule has 2 fully saturated rings. The second-order valence-electron chi connectivity index (χ2n) is 7.78. The van der Waals surface area contributed by atoms with Gasteiger partial charge in [-0.25, -0.2) is 0 Å². The van der Waals surface area contributed by atoms with Gasteiger partial charge >= 0.3 is 0 Å². The Morgan fingerprint density at radius 1 is 1.04 bits per heavy atom. The number of carbonyl (C=O) groups excluding carboxylic acids is 2. The van der Waals surface area contributed by atoms with Crippen LogP contribution in [0.3, 0.4) is 0 Å². The van der Waals surface area contributed by atoms with Crippen molar-refractivity contribution in [2.24, 2.45) is 17.6 Å². The number of hydrogen-bond donors (Lipinski definition) is 2. The lowest BCUT2D eigenvalue weighted by molar-refractivity contribution is -0.117. The quantitative estimate of drug-likeness (QED) is 0.877. The molecule has 27 heavy (non-hydrogen) atoms. The standard InChI is InChI=1S/C22H25N3O2/c1-14-11-18(14)21(26)24-17-9-7-16(8-10-17)22(27)25-12-19(20(23)13-25)15-5-3-2-4-6-15/h2-10,14,18-20H,11-13,23H2,1H3,(H,24,26)/t14?,18?,19-,20+/m0/s1. The lowest BCUT2D eigenvalue weighted by atomic mass is 9.95. The minimum atomic E-state index is -0.0598. The van der Waals surface area contributed by atoms with E-state index in [1.54, 1.807) is 24.3 Å². The summed E-state index contributed by atoms with van der Waals surface area (Å²) in [6.45, 7) is 3.26. The summed E-state index contributed by atoms with van der Waals surface area (Å²) in [6.07, 6.45) is 0.959. The third-order valence-electron chi connectivity index (χ3n) is 5.73. The van der Waals surface area contributed by atoms with Crippen LogP contribution in [0.25, 0.3) is 0 Å². The van der Waals surface area contributed by atoms with Crippen molar-refractivity contribution in [2.45, 2.75) is 25.3 Å². The van der Waals surface area contributed by atoms with E-state index >= 15 is 0 Å². The molecule has 0 radical (unpaired) electrons. The predicted molar refractivity (Wildman–Crippen MR) is 105 cm³/mol. The number of carbonyl (C=O) groups is 2. The molecule has 1 heterocycles.